The number of H-pyrrole nitrogens is 1. The number of anilines is 1. The third kappa shape index (κ3) is 2.86. The van der Waals surface area contributed by atoms with Crippen molar-refractivity contribution in [3.63, 3.8) is 0 Å². The lowest BCUT2D eigenvalue weighted by atomic mass is 10.4. The number of hydrogen-bond donors (Lipinski definition) is 2. The van der Waals surface area contributed by atoms with Crippen molar-refractivity contribution in [2.45, 2.75) is 0 Å². The fourth-order valence-corrected chi connectivity index (χ4v) is 1.19. The van der Waals surface area contributed by atoms with Crippen LogP contribution >= 0.6 is 0 Å². The van der Waals surface area contributed by atoms with Gasteiger partial charge in [0.1, 0.15) is 11.5 Å². The van der Waals surface area contributed by atoms with Crippen molar-refractivity contribution in [2.24, 2.45) is 4.36 Å². The molecule has 1 heterocycles. The largest absolute Gasteiger partial charge is 0.382 e. The van der Waals surface area contributed by atoms with Crippen LogP contribution in [0.5, 0.6) is 0 Å². The van der Waals surface area contributed by atoms with E-state index in [0.717, 1.165) is 0 Å². The van der Waals surface area contributed by atoms with Crippen LogP contribution in [0.1, 0.15) is 10.5 Å². The molecular formula is C6H10N4O2S. The summed E-state index contributed by atoms with van der Waals surface area (Å²) in [7, 11) is -2.43. The molecule has 6 nitrogen and oxygen atoms in total. The third-order valence-electron chi connectivity index (χ3n) is 1.13. The Hall–Kier alpha value is -1.37. The van der Waals surface area contributed by atoms with Crippen molar-refractivity contribution < 1.29 is 9.00 Å². The van der Waals surface area contributed by atoms with Gasteiger partial charge in [0.15, 0.2) is 0 Å². The summed E-state index contributed by atoms with van der Waals surface area (Å²) in [6.45, 7) is 0. The fraction of sp³-hybridized carbons (Fsp3) is 0.333. The summed E-state index contributed by atoms with van der Waals surface area (Å²) in [5, 5.41) is 5.93. The standard InChI is InChI=1S/C6H10N4O2S/c1-13(2,12)10-6(11)4-3-5(7)9-8-4/h3H,1-2H3,(H3,7,8,9). The molecule has 72 valence electrons. The van der Waals surface area contributed by atoms with Crippen LogP contribution in [0, 0.1) is 0 Å². The summed E-state index contributed by atoms with van der Waals surface area (Å²) in [5.41, 5.74) is 5.42. The Morgan fingerprint density at radius 3 is 2.69 bits per heavy atom. The van der Waals surface area contributed by atoms with Crippen molar-refractivity contribution in [3.05, 3.63) is 11.8 Å². The molecule has 0 unspecified atom stereocenters. The van der Waals surface area contributed by atoms with Crippen molar-refractivity contribution >= 4 is 21.5 Å². The topological polar surface area (TPSA) is 101 Å². The molecule has 0 aliphatic carbocycles. The smallest absolute Gasteiger partial charge is 0.303 e. The molecule has 0 aromatic carbocycles. The highest BCUT2D eigenvalue weighted by molar-refractivity contribution is 7.92. The van der Waals surface area contributed by atoms with Crippen molar-refractivity contribution in [3.8, 4) is 0 Å². The maximum atomic E-state index is 11.2. The van der Waals surface area contributed by atoms with E-state index in [4.69, 9.17) is 5.73 Å². The number of amides is 1. The van der Waals surface area contributed by atoms with Gasteiger partial charge in [0.2, 0.25) is 0 Å². The zero-order valence-corrected chi connectivity index (χ0v) is 8.09. The Labute approximate surface area is 75.7 Å². The van der Waals surface area contributed by atoms with Crippen molar-refractivity contribution in [1.82, 2.24) is 10.2 Å². The third-order valence-corrected chi connectivity index (χ3v) is 1.74. The lowest BCUT2D eigenvalue weighted by Gasteiger charge is -1.91. The first-order valence-corrected chi connectivity index (χ1v) is 5.74. The molecule has 0 aliphatic heterocycles. The van der Waals surface area contributed by atoms with Crippen LogP contribution in [0.4, 0.5) is 5.82 Å². The van der Waals surface area contributed by atoms with Crippen LogP contribution in [0.15, 0.2) is 10.4 Å². The molecule has 0 spiro atoms. The van der Waals surface area contributed by atoms with E-state index in [1.54, 1.807) is 0 Å². The highest BCUT2D eigenvalue weighted by Gasteiger charge is 2.08. The molecule has 13 heavy (non-hydrogen) atoms. The molecule has 1 aromatic heterocycles. The van der Waals surface area contributed by atoms with Crippen molar-refractivity contribution in [1.29, 1.82) is 0 Å². The predicted octanol–water partition coefficient (Wildman–Crippen LogP) is -0.140. The van der Waals surface area contributed by atoms with E-state index < -0.39 is 15.6 Å². The van der Waals surface area contributed by atoms with Crippen LogP contribution in [0.25, 0.3) is 0 Å². The number of carbonyl (C=O) groups excluding carboxylic acids is 1. The van der Waals surface area contributed by atoms with E-state index >= 15 is 0 Å². The molecule has 0 bridgehead atoms. The summed E-state index contributed by atoms with van der Waals surface area (Å²) in [4.78, 5) is 11.2. The van der Waals surface area contributed by atoms with Crippen LogP contribution < -0.4 is 5.73 Å². The van der Waals surface area contributed by atoms with Gasteiger partial charge in [-0.05, 0) is 0 Å². The number of aromatic nitrogens is 2. The van der Waals surface area contributed by atoms with Gasteiger partial charge in [-0.15, -0.1) is 0 Å². The Bertz CT molecular complexity index is 433. The normalized spacial score (nSPS) is 11.2. The average Bonchev–Trinajstić information content (AvgIpc) is 2.31. The number of carbonyl (C=O) groups is 1. The van der Waals surface area contributed by atoms with Gasteiger partial charge in [-0.25, -0.2) is 4.21 Å². The highest BCUT2D eigenvalue weighted by atomic mass is 32.2. The Morgan fingerprint density at radius 2 is 2.31 bits per heavy atom. The molecule has 0 saturated heterocycles. The van der Waals surface area contributed by atoms with Crippen LogP contribution in [0.2, 0.25) is 0 Å². The number of nitrogens with zero attached hydrogens (tertiary/aromatic N) is 2. The maximum Gasteiger partial charge on any atom is 0.303 e. The molecule has 0 saturated carbocycles. The van der Waals surface area contributed by atoms with E-state index in [2.05, 4.69) is 14.6 Å². The van der Waals surface area contributed by atoms with Gasteiger partial charge in [0.25, 0.3) is 0 Å². The van der Waals surface area contributed by atoms with E-state index in [0.29, 0.717) is 0 Å². The summed E-state index contributed by atoms with van der Waals surface area (Å²) in [6, 6.07) is 1.34. The van der Waals surface area contributed by atoms with E-state index in [-0.39, 0.29) is 11.5 Å². The Balaban J connectivity index is 3.01. The highest BCUT2D eigenvalue weighted by Crippen LogP contribution is 2.03. The number of nitrogens with one attached hydrogen (secondary N) is 1. The zero-order chi connectivity index (χ0) is 10.1. The van der Waals surface area contributed by atoms with Crippen LogP contribution in [-0.2, 0) is 9.73 Å². The maximum absolute atomic E-state index is 11.2. The predicted molar refractivity (Wildman–Crippen MR) is 49.7 cm³/mol. The second-order valence-electron chi connectivity index (χ2n) is 2.78. The first-order chi connectivity index (χ1) is 5.88. The van der Waals surface area contributed by atoms with Gasteiger partial charge >= 0.3 is 5.91 Å². The first-order valence-electron chi connectivity index (χ1n) is 3.41. The number of nitrogen functional groups attached to an aromatic ring is 1. The number of nitrogens with two attached hydrogens (primary N) is 1. The minimum Gasteiger partial charge on any atom is -0.382 e. The molecule has 0 radical (unpaired) electrons. The fourth-order valence-electron chi connectivity index (χ4n) is 0.696. The minimum absolute atomic E-state index is 0.147. The Kier molecular flexibility index (Phi) is 2.37. The molecule has 3 N–H and O–H groups in total. The monoisotopic (exact) mass is 202 g/mol. The molecule has 0 atom stereocenters. The molecule has 1 amide bonds. The number of rotatable bonds is 1. The van der Waals surface area contributed by atoms with Gasteiger partial charge in [-0.1, -0.05) is 0 Å². The van der Waals surface area contributed by atoms with Gasteiger partial charge < -0.3 is 5.73 Å². The van der Waals surface area contributed by atoms with E-state index in [9.17, 15) is 9.00 Å². The number of aromatic amines is 1. The van der Waals surface area contributed by atoms with Gasteiger partial charge in [0, 0.05) is 28.3 Å². The molecule has 1 aromatic rings. The SMILES string of the molecule is CS(C)(=O)=NC(=O)c1cc(N)n[nH]1. The Morgan fingerprint density at radius 1 is 1.69 bits per heavy atom. The lowest BCUT2D eigenvalue weighted by Crippen LogP contribution is -2.01. The quantitative estimate of drug-likeness (QED) is 0.661. The molecular weight excluding hydrogens is 192 g/mol. The molecule has 7 heteroatoms. The van der Waals surface area contributed by atoms with E-state index in [1.807, 2.05) is 0 Å². The number of hydrogen-bond acceptors (Lipinski definition) is 4. The summed E-state index contributed by atoms with van der Waals surface area (Å²) in [6.07, 6.45) is 2.76. The summed E-state index contributed by atoms with van der Waals surface area (Å²) < 4.78 is 14.6. The van der Waals surface area contributed by atoms with Gasteiger partial charge in [0.05, 0.1) is 0 Å². The van der Waals surface area contributed by atoms with Gasteiger partial charge in [-0.2, -0.15) is 9.46 Å². The summed E-state index contributed by atoms with van der Waals surface area (Å²) >= 11 is 0. The van der Waals surface area contributed by atoms with Crippen LogP contribution in [-0.4, -0.2) is 32.8 Å². The first kappa shape index (κ1) is 9.72. The van der Waals surface area contributed by atoms with Gasteiger partial charge in [-0.3, -0.25) is 9.89 Å². The molecule has 0 aliphatic rings. The van der Waals surface area contributed by atoms with E-state index in [1.165, 1.54) is 18.6 Å². The second-order valence-corrected chi connectivity index (χ2v) is 5.33. The molecule has 0 fully saturated rings. The zero-order valence-electron chi connectivity index (χ0n) is 7.27. The van der Waals surface area contributed by atoms with Crippen molar-refractivity contribution in [2.75, 3.05) is 18.2 Å². The average molecular weight is 202 g/mol. The summed E-state index contributed by atoms with van der Waals surface area (Å²) in [5.74, 6) is -0.392. The second kappa shape index (κ2) is 3.17. The van der Waals surface area contributed by atoms with Crippen LogP contribution in [0.3, 0.4) is 0 Å². The lowest BCUT2D eigenvalue weighted by molar-refractivity contribution is 0.100. The molecule has 1 rings (SSSR count). The minimum atomic E-state index is -2.43.